The van der Waals surface area contributed by atoms with E-state index in [4.69, 9.17) is 10.5 Å². The number of rotatable bonds is 2. The Kier molecular flexibility index (Phi) is 3.29. The van der Waals surface area contributed by atoms with Crippen molar-refractivity contribution in [1.29, 1.82) is 0 Å². The third kappa shape index (κ3) is 2.62. The van der Waals surface area contributed by atoms with Gasteiger partial charge in [-0.05, 0) is 26.0 Å². The molecule has 0 aromatic heterocycles. The van der Waals surface area contributed by atoms with E-state index >= 15 is 0 Å². The Morgan fingerprint density at radius 1 is 1.21 bits per heavy atom. The maximum absolute atomic E-state index is 11.4. The van der Waals surface area contributed by atoms with Gasteiger partial charge in [-0.1, -0.05) is 18.2 Å². The summed E-state index contributed by atoms with van der Waals surface area (Å²) in [5.41, 5.74) is 6.39. The van der Waals surface area contributed by atoms with Gasteiger partial charge in [0.25, 0.3) is 0 Å². The van der Waals surface area contributed by atoms with Gasteiger partial charge < -0.3 is 10.5 Å². The summed E-state index contributed by atoms with van der Waals surface area (Å²) in [6.45, 7) is 3.31. The first-order valence-corrected chi connectivity index (χ1v) is 4.31. The molecule has 0 radical (unpaired) electrons. The average Bonchev–Trinajstić information content (AvgIpc) is 2.18. The van der Waals surface area contributed by atoms with Crippen molar-refractivity contribution in [2.24, 2.45) is 5.73 Å². The van der Waals surface area contributed by atoms with Crippen molar-refractivity contribution >= 4 is 5.97 Å². The highest BCUT2D eigenvalue weighted by Crippen LogP contribution is 2.11. The zero-order valence-electron chi connectivity index (χ0n) is 8.28. The summed E-state index contributed by atoms with van der Waals surface area (Å²) in [6.07, 6.45) is 0. The minimum absolute atomic E-state index is 0.406. The molecule has 0 aliphatic heterocycles. The van der Waals surface area contributed by atoms with Gasteiger partial charge >= 0.3 is 5.97 Å². The van der Waals surface area contributed by atoms with E-state index in [2.05, 4.69) is 0 Å². The molecule has 74 valence electrons. The molecule has 0 saturated heterocycles. The van der Waals surface area contributed by atoms with Gasteiger partial charge in [-0.15, -0.1) is 0 Å². The van der Waals surface area contributed by atoms with Crippen LogP contribution >= 0.6 is 0 Å². The summed E-state index contributed by atoms with van der Waals surface area (Å²) in [6, 6.07) is 8.90. The molecule has 0 heterocycles. The monoisotopic (exact) mass is 191 g/mol. The number of nitrogens with two attached hydrogens (primary N) is 1. The second kappa shape index (κ2) is 4.46. The van der Waals surface area contributed by atoms with Crippen LogP contribution in [0.4, 0.5) is 0 Å². The molecule has 0 spiro atoms. The molecule has 1 aromatic carbocycles. The van der Waals surface area contributed by atoms with Gasteiger partial charge in [-0.3, -0.25) is 0 Å². The lowest BCUT2D eigenvalue weighted by Gasteiger charge is -2.04. The normalized spacial score (nSPS) is 11.9. The van der Waals surface area contributed by atoms with Crippen LogP contribution in [0.15, 0.2) is 41.6 Å². The summed E-state index contributed by atoms with van der Waals surface area (Å²) >= 11 is 0. The second-order valence-corrected chi connectivity index (χ2v) is 3.01. The molecule has 3 nitrogen and oxygen atoms in total. The predicted molar refractivity (Wildman–Crippen MR) is 54.6 cm³/mol. The van der Waals surface area contributed by atoms with Gasteiger partial charge in [0.1, 0.15) is 5.75 Å². The van der Waals surface area contributed by atoms with E-state index in [-0.39, 0.29) is 0 Å². The Hall–Kier alpha value is -1.77. The molecule has 0 fully saturated rings. The van der Waals surface area contributed by atoms with Gasteiger partial charge in [0.15, 0.2) is 0 Å². The van der Waals surface area contributed by atoms with Crippen molar-refractivity contribution in [2.45, 2.75) is 13.8 Å². The van der Waals surface area contributed by atoms with Gasteiger partial charge in [0, 0.05) is 5.70 Å². The van der Waals surface area contributed by atoms with Crippen LogP contribution in [0.1, 0.15) is 13.8 Å². The average molecular weight is 191 g/mol. The summed E-state index contributed by atoms with van der Waals surface area (Å²) in [7, 11) is 0. The van der Waals surface area contributed by atoms with Crippen LogP contribution in [0.5, 0.6) is 5.75 Å². The Labute approximate surface area is 83.2 Å². The van der Waals surface area contributed by atoms with Crippen LogP contribution in [-0.2, 0) is 4.79 Å². The Balaban J connectivity index is 2.72. The first kappa shape index (κ1) is 10.3. The van der Waals surface area contributed by atoms with Crippen molar-refractivity contribution in [1.82, 2.24) is 0 Å². The largest absolute Gasteiger partial charge is 0.423 e. The number of carbonyl (C=O) groups excluding carboxylic acids is 1. The predicted octanol–water partition coefficient (Wildman–Crippen LogP) is 1.84. The van der Waals surface area contributed by atoms with E-state index in [0.717, 1.165) is 0 Å². The second-order valence-electron chi connectivity index (χ2n) is 3.01. The van der Waals surface area contributed by atoms with Crippen LogP contribution in [0.25, 0.3) is 0 Å². The lowest BCUT2D eigenvalue weighted by Crippen LogP contribution is -2.13. The molecule has 0 amide bonds. The standard InChI is InChI=1S/C11H13NO2/c1-8(9(2)12)11(13)14-10-6-4-3-5-7-10/h3-7H,12H2,1-2H3. The molecule has 1 aromatic rings. The van der Waals surface area contributed by atoms with Crippen molar-refractivity contribution in [2.75, 3.05) is 0 Å². The number of carbonyl (C=O) groups is 1. The number of allylic oxidation sites excluding steroid dienone is 1. The number of ether oxygens (including phenoxy) is 1. The third-order valence-electron chi connectivity index (χ3n) is 1.85. The zero-order chi connectivity index (χ0) is 10.6. The third-order valence-corrected chi connectivity index (χ3v) is 1.85. The zero-order valence-corrected chi connectivity index (χ0v) is 8.28. The molecule has 0 bridgehead atoms. The summed E-state index contributed by atoms with van der Waals surface area (Å²) in [5, 5.41) is 0. The molecule has 2 N–H and O–H groups in total. The van der Waals surface area contributed by atoms with Gasteiger partial charge in [0.05, 0.1) is 5.57 Å². The first-order valence-electron chi connectivity index (χ1n) is 4.31. The van der Waals surface area contributed by atoms with E-state index < -0.39 is 5.97 Å². The summed E-state index contributed by atoms with van der Waals surface area (Å²) in [4.78, 5) is 11.4. The lowest BCUT2D eigenvalue weighted by molar-refractivity contribution is -0.130. The van der Waals surface area contributed by atoms with Gasteiger partial charge in [0.2, 0.25) is 0 Å². The van der Waals surface area contributed by atoms with Crippen LogP contribution in [0.2, 0.25) is 0 Å². The highest BCUT2D eigenvalue weighted by Gasteiger charge is 2.08. The molecule has 0 atom stereocenters. The van der Waals surface area contributed by atoms with E-state index in [1.165, 1.54) is 0 Å². The fraction of sp³-hybridized carbons (Fsp3) is 0.182. The first-order chi connectivity index (χ1) is 6.61. The van der Waals surface area contributed by atoms with E-state index in [1.54, 1.807) is 38.1 Å². The Morgan fingerprint density at radius 2 is 1.79 bits per heavy atom. The molecule has 0 saturated carbocycles. The highest BCUT2D eigenvalue weighted by atomic mass is 16.5. The number of esters is 1. The molecule has 1 rings (SSSR count). The lowest BCUT2D eigenvalue weighted by atomic mass is 10.2. The minimum Gasteiger partial charge on any atom is -0.423 e. The van der Waals surface area contributed by atoms with Crippen molar-refractivity contribution < 1.29 is 9.53 Å². The van der Waals surface area contributed by atoms with Crippen LogP contribution in [0, 0.1) is 0 Å². The fourth-order valence-electron chi connectivity index (χ4n) is 0.833. The smallest absolute Gasteiger partial charge is 0.340 e. The molecule has 3 heteroatoms. The van der Waals surface area contributed by atoms with Gasteiger partial charge in [-0.2, -0.15) is 0 Å². The molecule has 14 heavy (non-hydrogen) atoms. The molecule has 0 aliphatic carbocycles. The van der Waals surface area contributed by atoms with Crippen molar-refractivity contribution in [3.8, 4) is 5.75 Å². The van der Waals surface area contributed by atoms with Crippen LogP contribution in [-0.4, -0.2) is 5.97 Å². The molecular weight excluding hydrogens is 178 g/mol. The summed E-state index contributed by atoms with van der Waals surface area (Å²) in [5.74, 6) is 0.120. The number of hydrogen-bond acceptors (Lipinski definition) is 3. The maximum Gasteiger partial charge on any atom is 0.340 e. The SMILES string of the molecule is CC(N)=C(C)C(=O)Oc1ccccc1. The molecule has 0 unspecified atom stereocenters. The Morgan fingerprint density at radius 3 is 2.29 bits per heavy atom. The number of para-hydroxylation sites is 1. The number of hydrogen-bond donors (Lipinski definition) is 1. The van der Waals surface area contributed by atoms with E-state index in [1.807, 2.05) is 6.07 Å². The van der Waals surface area contributed by atoms with Crippen LogP contribution < -0.4 is 10.5 Å². The van der Waals surface area contributed by atoms with Crippen molar-refractivity contribution in [3.05, 3.63) is 41.6 Å². The fourth-order valence-corrected chi connectivity index (χ4v) is 0.833. The quantitative estimate of drug-likeness (QED) is 0.441. The maximum atomic E-state index is 11.4. The molecule has 0 aliphatic rings. The van der Waals surface area contributed by atoms with Gasteiger partial charge in [-0.25, -0.2) is 4.79 Å². The topological polar surface area (TPSA) is 52.3 Å². The van der Waals surface area contributed by atoms with Crippen LogP contribution in [0.3, 0.4) is 0 Å². The Bertz CT molecular complexity index is 351. The number of benzene rings is 1. The molecular formula is C11H13NO2. The highest BCUT2D eigenvalue weighted by molar-refractivity contribution is 5.90. The minimum atomic E-state index is -0.406. The van der Waals surface area contributed by atoms with E-state index in [0.29, 0.717) is 17.0 Å². The summed E-state index contributed by atoms with van der Waals surface area (Å²) < 4.78 is 5.06. The van der Waals surface area contributed by atoms with E-state index in [9.17, 15) is 4.79 Å². The van der Waals surface area contributed by atoms with Crippen molar-refractivity contribution in [3.63, 3.8) is 0 Å².